The van der Waals surface area contributed by atoms with Crippen LogP contribution < -0.4 is 0 Å². The van der Waals surface area contributed by atoms with Crippen molar-refractivity contribution in [1.29, 1.82) is 0 Å². The summed E-state index contributed by atoms with van der Waals surface area (Å²) >= 11 is 0. The van der Waals surface area contributed by atoms with Gasteiger partial charge in [0.2, 0.25) is 0 Å². The Morgan fingerprint density at radius 2 is 1.65 bits per heavy atom. The number of rotatable bonds is 16. The molecule has 154 valence electrons. The van der Waals surface area contributed by atoms with Crippen molar-refractivity contribution < 1.29 is 32.6 Å². The molecule has 0 amide bonds. The SMILES string of the molecule is CCCCCCCC1OC1C(CCCCCCCC(=O)OO)S(=O)(=O)O. The standard InChI is InChI=1S/C18H34O7S/c1-2-3-4-6-9-12-15-18(24-15)16(26(21,22)23)13-10-7-5-8-11-14-17(19)25-20/h15-16,18,20H,2-14H2,1H3,(H,21,22,23). The van der Waals surface area contributed by atoms with Crippen molar-refractivity contribution in [2.75, 3.05) is 0 Å². The minimum atomic E-state index is -4.10. The Morgan fingerprint density at radius 3 is 2.31 bits per heavy atom. The number of carbonyl (C=O) groups is 1. The number of epoxide rings is 1. The lowest BCUT2D eigenvalue weighted by molar-refractivity contribution is -0.234. The van der Waals surface area contributed by atoms with E-state index in [0.29, 0.717) is 19.3 Å². The van der Waals surface area contributed by atoms with Crippen molar-refractivity contribution in [2.45, 2.75) is 108 Å². The first kappa shape index (κ1) is 23.3. The summed E-state index contributed by atoms with van der Waals surface area (Å²) < 4.78 is 38.3. The molecule has 0 saturated carbocycles. The van der Waals surface area contributed by atoms with Gasteiger partial charge in [-0.3, -0.25) is 4.55 Å². The van der Waals surface area contributed by atoms with Gasteiger partial charge in [-0.2, -0.15) is 13.7 Å². The Labute approximate surface area is 157 Å². The highest BCUT2D eigenvalue weighted by Gasteiger charge is 2.48. The fraction of sp³-hybridized carbons (Fsp3) is 0.944. The summed E-state index contributed by atoms with van der Waals surface area (Å²) in [4.78, 5) is 14.3. The number of hydrogen-bond acceptors (Lipinski definition) is 6. The molecule has 0 aromatic rings. The third-order valence-corrected chi connectivity index (χ3v) is 6.20. The van der Waals surface area contributed by atoms with Crippen LogP contribution in [0.15, 0.2) is 0 Å². The van der Waals surface area contributed by atoms with Gasteiger partial charge in [-0.05, 0) is 19.3 Å². The van der Waals surface area contributed by atoms with Crippen molar-refractivity contribution in [3.8, 4) is 0 Å². The highest BCUT2D eigenvalue weighted by Crippen LogP contribution is 2.35. The van der Waals surface area contributed by atoms with Gasteiger partial charge in [0.1, 0.15) is 11.4 Å². The molecular formula is C18H34O7S. The van der Waals surface area contributed by atoms with Crippen LogP contribution in [0, 0.1) is 0 Å². The third kappa shape index (κ3) is 9.85. The summed E-state index contributed by atoms with van der Waals surface area (Å²) in [7, 11) is -4.10. The molecule has 1 aliphatic heterocycles. The summed E-state index contributed by atoms with van der Waals surface area (Å²) in [6, 6.07) is 0. The molecule has 7 nitrogen and oxygen atoms in total. The van der Waals surface area contributed by atoms with E-state index in [1.807, 2.05) is 0 Å². The first-order chi connectivity index (χ1) is 12.4. The predicted octanol–water partition coefficient (Wildman–Crippen LogP) is 4.12. The van der Waals surface area contributed by atoms with Gasteiger partial charge in [-0.1, -0.05) is 64.7 Å². The lowest BCUT2D eigenvalue weighted by Crippen LogP contribution is -2.27. The van der Waals surface area contributed by atoms with Crippen LogP contribution in [-0.2, 0) is 24.5 Å². The largest absolute Gasteiger partial charge is 0.368 e. The number of carbonyl (C=O) groups excluding carboxylic acids is 1. The molecule has 3 unspecified atom stereocenters. The van der Waals surface area contributed by atoms with Crippen molar-refractivity contribution in [3.63, 3.8) is 0 Å². The second-order valence-corrected chi connectivity index (χ2v) is 8.80. The second-order valence-electron chi connectivity index (χ2n) is 7.17. The molecule has 1 fully saturated rings. The van der Waals surface area contributed by atoms with Gasteiger partial charge in [0.25, 0.3) is 10.1 Å². The average Bonchev–Trinajstić information content (AvgIpc) is 3.34. The van der Waals surface area contributed by atoms with E-state index in [9.17, 15) is 17.8 Å². The second kappa shape index (κ2) is 12.6. The molecule has 1 heterocycles. The van der Waals surface area contributed by atoms with Crippen molar-refractivity contribution in [3.05, 3.63) is 0 Å². The highest BCUT2D eigenvalue weighted by atomic mass is 32.2. The molecular weight excluding hydrogens is 360 g/mol. The monoisotopic (exact) mass is 394 g/mol. The lowest BCUT2D eigenvalue weighted by atomic mass is 10.0. The smallest absolute Gasteiger partial charge is 0.342 e. The summed E-state index contributed by atoms with van der Waals surface area (Å²) in [6.45, 7) is 2.17. The summed E-state index contributed by atoms with van der Waals surface area (Å²) in [5.74, 6) is -0.636. The van der Waals surface area contributed by atoms with Gasteiger partial charge in [0, 0.05) is 6.42 Å². The highest BCUT2D eigenvalue weighted by molar-refractivity contribution is 7.86. The van der Waals surface area contributed by atoms with Gasteiger partial charge in [0.05, 0.1) is 6.10 Å². The molecule has 8 heteroatoms. The third-order valence-electron chi connectivity index (χ3n) is 4.93. The summed E-state index contributed by atoms with van der Waals surface area (Å²) in [5, 5.41) is 7.32. The van der Waals surface area contributed by atoms with Gasteiger partial charge in [-0.15, -0.1) is 0 Å². The first-order valence-electron chi connectivity index (χ1n) is 9.86. The van der Waals surface area contributed by atoms with Crippen LogP contribution in [0.2, 0.25) is 0 Å². The molecule has 0 aromatic heterocycles. The van der Waals surface area contributed by atoms with Crippen molar-refractivity contribution in [1.82, 2.24) is 0 Å². The molecule has 1 saturated heterocycles. The Morgan fingerprint density at radius 1 is 1.04 bits per heavy atom. The molecule has 1 rings (SSSR count). The molecule has 0 aromatic carbocycles. The van der Waals surface area contributed by atoms with Crippen LogP contribution in [-0.4, -0.2) is 41.7 Å². The van der Waals surface area contributed by atoms with Gasteiger partial charge in [-0.25, -0.2) is 4.79 Å². The van der Waals surface area contributed by atoms with E-state index in [2.05, 4.69) is 11.8 Å². The van der Waals surface area contributed by atoms with E-state index < -0.39 is 21.3 Å². The molecule has 2 N–H and O–H groups in total. The van der Waals surface area contributed by atoms with Crippen LogP contribution >= 0.6 is 0 Å². The van der Waals surface area contributed by atoms with Crippen LogP contribution in [0.5, 0.6) is 0 Å². The zero-order valence-corrected chi connectivity index (χ0v) is 16.6. The Bertz CT molecular complexity index is 492. The van der Waals surface area contributed by atoms with Gasteiger partial charge >= 0.3 is 5.97 Å². The van der Waals surface area contributed by atoms with Crippen LogP contribution in [0.1, 0.15) is 90.4 Å². The van der Waals surface area contributed by atoms with E-state index in [1.165, 1.54) is 19.3 Å². The topological polar surface area (TPSA) is 113 Å². The van der Waals surface area contributed by atoms with E-state index in [4.69, 9.17) is 9.99 Å². The summed E-state index contributed by atoms with van der Waals surface area (Å²) in [5.41, 5.74) is 0. The Kier molecular flexibility index (Phi) is 11.4. The van der Waals surface area contributed by atoms with Gasteiger partial charge in [0.15, 0.2) is 0 Å². The molecule has 0 radical (unpaired) electrons. The van der Waals surface area contributed by atoms with Crippen molar-refractivity contribution in [2.24, 2.45) is 0 Å². The summed E-state index contributed by atoms with van der Waals surface area (Å²) in [6.07, 6.45) is 10.7. The lowest BCUT2D eigenvalue weighted by Gasteiger charge is -2.11. The van der Waals surface area contributed by atoms with E-state index in [-0.39, 0.29) is 18.6 Å². The number of unbranched alkanes of at least 4 members (excludes halogenated alkanes) is 8. The maximum Gasteiger partial charge on any atom is 0.342 e. The Balaban J connectivity index is 2.18. The van der Waals surface area contributed by atoms with E-state index >= 15 is 0 Å². The van der Waals surface area contributed by atoms with Crippen LogP contribution in [0.25, 0.3) is 0 Å². The average molecular weight is 395 g/mol. The first-order valence-corrected chi connectivity index (χ1v) is 11.4. The maximum absolute atomic E-state index is 11.6. The predicted molar refractivity (Wildman–Crippen MR) is 98.4 cm³/mol. The number of ether oxygens (including phenoxy) is 1. The molecule has 0 bridgehead atoms. The molecule has 3 atom stereocenters. The molecule has 0 aliphatic carbocycles. The van der Waals surface area contributed by atoms with Crippen LogP contribution in [0.4, 0.5) is 0 Å². The fourth-order valence-corrected chi connectivity index (χ4v) is 4.38. The quantitative estimate of drug-likeness (QED) is 0.133. The zero-order chi connectivity index (χ0) is 19.4. The maximum atomic E-state index is 11.6. The van der Waals surface area contributed by atoms with Crippen molar-refractivity contribution >= 4 is 16.1 Å². The Hall–Kier alpha value is -0.700. The molecule has 0 spiro atoms. The minimum absolute atomic E-state index is 0.0342. The normalized spacial score (nSPS) is 20.7. The van der Waals surface area contributed by atoms with E-state index in [0.717, 1.165) is 38.5 Å². The fourth-order valence-electron chi connectivity index (χ4n) is 3.34. The molecule has 1 aliphatic rings. The van der Waals surface area contributed by atoms with E-state index in [1.54, 1.807) is 0 Å². The van der Waals surface area contributed by atoms with Gasteiger partial charge < -0.3 is 9.62 Å². The van der Waals surface area contributed by atoms with Crippen LogP contribution in [0.3, 0.4) is 0 Å². The molecule has 26 heavy (non-hydrogen) atoms. The minimum Gasteiger partial charge on any atom is -0.368 e. The zero-order valence-electron chi connectivity index (χ0n) is 15.8. The number of hydrogen-bond donors (Lipinski definition) is 2.